The van der Waals surface area contributed by atoms with E-state index in [0.29, 0.717) is 11.7 Å². The summed E-state index contributed by atoms with van der Waals surface area (Å²) in [5.74, 6) is 1.03. The number of fused-ring (bicyclic) bond motifs is 1. The molecule has 7 heteroatoms. The zero-order valence-corrected chi connectivity index (χ0v) is 17.1. The van der Waals surface area contributed by atoms with Crippen LogP contribution in [0.15, 0.2) is 42.5 Å². The third kappa shape index (κ3) is 5.23. The van der Waals surface area contributed by atoms with E-state index in [0.717, 1.165) is 48.7 Å². The summed E-state index contributed by atoms with van der Waals surface area (Å²) in [4.78, 5) is 11.8. The number of hydrogen-bond acceptors (Lipinski definition) is 6. The van der Waals surface area contributed by atoms with E-state index in [9.17, 15) is 4.79 Å². The summed E-state index contributed by atoms with van der Waals surface area (Å²) in [5.41, 5.74) is 5.16. The summed E-state index contributed by atoms with van der Waals surface area (Å²) in [6.45, 7) is 2.17. The van der Waals surface area contributed by atoms with Gasteiger partial charge < -0.3 is 14.8 Å². The molecular weight excluding hydrogens is 386 g/mol. The van der Waals surface area contributed by atoms with Crippen LogP contribution in [0.25, 0.3) is 0 Å². The van der Waals surface area contributed by atoms with Gasteiger partial charge in [0.15, 0.2) is 0 Å². The lowest BCUT2D eigenvalue weighted by Gasteiger charge is -2.23. The molecule has 2 aliphatic rings. The Morgan fingerprint density at radius 3 is 2.72 bits per heavy atom. The normalized spacial score (nSPS) is 19.3. The number of nitrogens with one attached hydrogen (secondary N) is 3. The van der Waals surface area contributed by atoms with Crippen LogP contribution in [0.1, 0.15) is 30.4 Å². The lowest BCUT2D eigenvalue weighted by molar-refractivity contribution is -0.133. The number of hydrogen-bond donors (Lipinski definition) is 4. The molecule has 29 heavy (non-hydrogen) atoms. The van der Waals surface area contributed by atoms with Gasteiger partial charge in [-0.3, -0.25) is 10.0 Å². The highest BCUT2D eigenvalue weighted by Gasteiger charge is 2.24. The van der Waals surface area contributed by atoms with E-state index in [1.165, 1.54) is 18.4 Å². The van der Waals surface area contributed by atoms with E-state index >= 15 is 0 Å². The van der Waals surface area contributed by atoms with E-state index < -0.39 is 0 Å². The van der Waals surface area contributed by atoms with Crippen LogP contribution in [0.3, 0.4) is 0 Å². The highest BCUT2D eigenvalue weighted by molar-refractivity contribution is 8.01. The van der Waals surface area contributed by atoms with Gasteiger partial charge in [0.25, 0.3) is 0 Å². The van der Waals surface area contributed by atoms with Crippen LogP contribution in [0.2, 0.25) is 0 Å². The van der Waals surface area contributed by atoms with E-state index in [1.807, 2.05) is 36.4 Å². The number of anilines is 1. The summed E-state index contributed by atoms with van der Waals surface area (Å²) in [5, 5.41) is 12.9. The molecule has 4 N–H and O–H groups in total. The number of rotatable bonds is 6. The molecule has 1 unspecified atom stereocenters. The van der Waals surface area contributed by atoms with Crippen molar-refractivity contribution in [1.82, 2.24) is 10.8 Å². The van der Waals surface area contributed by atoms with Crippen molar-refractivity contribution in [2.45, 2.75) is 37.4 Å². The van der Waals surface area contributed by atoms with Crippen LogP contribution < -0.4 is 20.3 Å². The Morgan fingerprint density at radius 2 is 1.90 bits per heavy atom. The van der Waals surface area contributed by atoms with Crippen LogP contribution in [-0.2, 0) is 17.6 Å². The minimum absolute atomic E-state index is 0.192. The minimum Gasteiger partial charge on any atom is -0.457 e. The third-order valence-electron chi connectivity index (χ3n) is 5.59. The summed E-state index contributed by atoms with van der Waals surface area (Å²) in [6, 6.07) is 14.1. The van der Waals surface area contributed by atoms with E-state index in [1.54, 1.807) is 17.4 Å². The second-order valence-corrected chi connectivity index (χ2v) is 8.75. The van der Waals surface area contributed by atoms with Gasteiger partial charge in [-0.05, 0) is 92.5 Å². The molecule has 1 heterocycles. The van der Waals surface area contributed by atoms with Gasteiger partial charge in [0.05, 0.1) is 0 Å². The molecule has 0 spiro atoms. The maximum absolute atomic E-state index is 11.8. The number of benzene rings is 2. The first-order valence-electron chi connectivity index (χ1n) is 10.2. The predicted octanol–water partition coefficient (Wildman–Crippen LogP) is 3.90. The van der Waals surface area contributed by atoms with Gasteiger partial charge in [0.2, 0.25) is 5.91 Å². The number of carbonyl (C=O) groups excluding carboxylic acids is 1. The van der Waals surface area contributed by atoms with Gasteiger partial charge in [0, 0.05) is 22.9 Å². The number of piperidine rings is 1. The number of hydroxylamine groups is 1. The van der Waals surface area contributed by atoms with Gasteiger partial charge in [-0.1, -0.05) is 12.1 Å². The largest absolute Gasteiger partial charge is 0.457 e. The average Bonchev–Trinajstić information content (AvgIpc) is 2.77. The van der Waals surface area contributed by atoms with Crippen molar-refractivity contribution in [3.05, 3.63) is 53.6 Å². The Hall–Kier alpha value is -2.22. The van der Waals surface area contributed by atoms with Gasteiger partial charge >= 0.3 is 0 Å². The topological polar surface area (TPSA) is 82.6 Å². The molecule has 154 valence electrons. The quantitative estimate of drug-likeness (QED) is 0.327. The van der Waals surface area contributed by atoms with Gasteiger partial charge in [-0.25, -0.2) is 5.48 Å². The van der Waals surface area contributed by atoms with Crippen LogP contribution >= 0.6 is 11.9 Å². The molecule has 0 saturated carbocycles. The molecule has 1 saturated heterocycles. The van der Waals surface area contributed by atoms with Crippen LogP contribution in [-0.4, -0.2) is 29.5 Å². The van der Waals surface area contributed by atoms with Gasteiger partial charge in [-0.2, -0.15) is 0 Å². The molecule has 1 fully saturated rings. The molecule has 1 atom stereocenters. The van der Waals surface area contributed by atoms with E-state index in [4.69, 9.17) is 9.94 Å². The number of amides is 1. The third-order valence-corrected chi connectivity index (χ3v) is 6.74. The summed E-state index contributed by atoms with van der Waals surface area (Å²) < 4.78 is 9.55. The summed E-state index contributed by atoms with van der Waals surface area (Å²) >= 11 is 1.79. The predicted molar refractivity (Wildman–Crippen MR) is 116 cm³/mol. The average molecular weight is 414 g/mol. The van der Waals surface area contributed by atoms with E-state index in [-0.39, 0.29) is 11.8 Å². The minimum atomic E-state index is -0.313. The first-order valence-corrected chi connectivity index (χ1v) is 11.1. The van der Waals surface area contributed by atoms with Crippen LogP contribution in [0.5, 0.6) is 11.5 Å². The number of ether oxygens (including phenoxy) is 1. The fourth-order valence-electron chi connectivity index (χ4n) is 3.94. The Morgan fingerprint density at radius 1 is 1.07 bits per heavy atom. The van der Waals surface area contributed by atoms with Crippen LogP contribution in [0, 0.1) is 5.92 Å². The molecule has 6 nitrogen and oxygen atoms in total. The Kier molecular flexibility index (Phi) is 6.59. The zero-order chi connectivity index (χ0) is 20.1. The molecule has 0 radical (unpaired) electrons. The number of carbonyl (C=O) groups is 1. The summed E-state index contributed by atoms with van der Waals surface area (Å²) in [7, 11) is 0. The SMILES string of the molecule is O=C(NO)C1CCc2ccc(Oc3cccc(NSC4CCNCC4)c3)cc2C1. The molecule has 4 rings (SSSR count). The second kappa shape index (κ2) is 9.52. The van der Waals surface area contributed by atoms with Crippen molar-refractivity contribution < 1.29 is 14.7 Å². The van der Waals surface area contributed by atoms with Gasteiger partial charge in [0.1, 0.15) is 11.5 Å². The fraction of sp³-hybridized carbons (Fsp3) is 0.409. The zero-order valence-electron chi connectivity index (χ0n) is 16.3. The molecule has 1 aliphatic carbocycles. The smallest absolute Gasteiger partial charge is 0.246 e. The number of aryl methyl sites for hydroxylation is 1. The Labute approximate surface area is 175 Å². The second-order valence-electron chi connectivity index (χ2n) is 7.65. The van der Waals surface area contributed by atoms with Crippen LogP contribution in [0.4, 0.5) is 5.69 Å². The molecular formula is C22H27N3O3S. The molecule has 2 aromatic rings. The highest BCUT2D eigenvalue weighted by Crippen LogP contribution is 2.32. The van der Waals surface area contributed by atoms with Crippen molar-refractivity contribution in [3.63, 3.8) is 0 Å². The highest BCUT2D eigenvalue weighted by atomic mass is 32.2. The van der Waals surface area contributed by atoms with Crippen molar-refractivity contribution in [1.29, 1.82) is 0 Å². The molecule has 0 bridgehead atoms. The lowest BCUT2D eigenvalue weighted by atomic mass is 9.83. The molecule has 1 aliphatic heterocycles. The first kappa shape index (κ1) is 20.1. The van der Waals surface area contributed by atoms with Crippen molar-refractivity contribution >= 4 is 23.5 Å². The fourth-order valence-corrected chi connectivity index (χ4v) is 4.84. The lowest BCUT2D eigenvalue weighted by Crippen LogP contribution is -2.31. The molecule has 0 aromatic heterocycles. The Bertz CT molecular complexity index is 855. The molecule has 2 aromatic carbocycles. The van der Waals surface area contributed by atoms with Crippen molar-refractivity contribution in [2.75, 3.05) is 17.8 Å². The maximum Gasteiger partial charge on any atom is 0.246 e. The monoisotopic (exact) mass is 413 g/mol. The van der Waals surface area contributed by atoms with E-state index in [2.05, 4.69) is 16.1 Å². The van der Waals surface area contributed by atoms with Crippen molar-refractivity contribution in [2.24, 2.45) is 5.92 Å². The standard InChI is InChI=1S/C22H27N3O3S/c26-22(24-27)16-5-4-15-6-7-20(13-17(15)12-16)28-19-3-1-2-18(14-19)25-29-21-8-10-23-11-9-21/h1-3,6-7,13-14,16,21,23,25,27H,4-5,8-12H2,(H,24,26). The molecule has 1 amide bonds. The first-order chi connectivity index (χ1) is 14.2. The van der Waals surface area contributed by atoms with Crippen molar-refractivity contribution in [3.8, 4) is 11.5 Å². The van der Waals surface area contributed by atoms with Gasteiger partial charge in [-0.15, -0.1) is 0 Å². The summed E-state index contributed by atoms with van der Waals surface area (Å²) in [6.07, 6.45) is 4.56. The Balaban J connectivity index is 1.40. The maximum atomic E-state index is 11.8.